The van der Waals surface area contributed by atoms with Crippen LogP contribution in [0, 0.1) is 0 Å². The van der Waals surface area contributed by atoms with Gasteiger partial charge in [-0.2, -0.15) is 4.98 Å². The number of carboxylic acid groups (broad SMARTS) is 2. The minimum absolute atomic E-state index is 0.0473. The third-order valence-corrected chi connectivity index (χ3v) is 5.15. The largest absolute Gasteiger partial charge is 0.481 e. The number of nitrogen functional groups attached to an aromatic ring is 1. The number of amides is 1. The van der Waals surface area contributed by atoms with Crippen LogP contribution in [-0.4, -0.2) is 63.8 Å². The SMILES string of the molecule is CN1CCNc2c1c(=O)nc(N)n2CNc1ccc(C(=O)N[C@@H](CCC(=O)O)C(=O)O)cc1. The van der Waals surface area contributed by atoms with E-state index in [0.29, 0.717) is 30.3 Å². The Balaban J connectivity index is 1.68. The van der Waals surface area contributed by atoms with Crippen LogP contribution in [0.15, 0.2) is 29.1 Å². The Morgan fingerprint density at radius 3 is 2.58 bits per heavy atom. The molecule has 13 nitrogen and oxygen atoms in total. The summed E-state index contributed by atoms with van der Waals surface area (Å²) in [6, 6.07) is 4.95. The number of carbonyl (C=O) groups excluding carboxylic acids is 1. The highest BCUT2D eigenvalue weighted by Crippen LogP contribution is 2.25. The third kappa shape index (κ3) is 5.50. The molecule has 1 aromatic heterocycles. The van der Waals surface area contributed by atoms with Crippen LogP contribution in [0.3, 0.4) is 0 Å². The molecule has 1 aliphatic rings. The second-order valence-electron chi connectivity index (χ2n) is 7.46. The zero-order chi connectivity index (χ0) is 24.1. The van der Waals surface area contributed by atoms with Crippen LogP contribution < -0.4 is 32.1 Å². The lowest BCUT2D eigenvalue weighted by Gasteiger charge is -2.30. The number of carboxylic acids is 2. The fraction of sp³-hybridized carbons (Fsp3) is 0.350. The van der Waals surface area contributed by atoms with Gasteiger partial charge in [-0.15, -0.1) is 0 Å². The molecule has 0 saturated heterocycles. The van der Waals surface area contributed by atoms with Gasteiger partial charge in [-0.3, -0.25) is 19.0 Å². The number of rotatable bonds is 9. The smallest absolute Gasteiger partial charge is 0.326 e. The van der Waals surface area contributed by atoms with Crippen LogP contribution in [0.25, 0.3) is 0 Å². The number of benzene rings is 1. The van der Waals surface area contributed by atoms with E-state index >= 15 is 0 Å². The summed E-state index contributed by atoms with van der Waals surface area (Å²) in [5, 5.41) is 26.5. The average molecular weight is 459 g/mol. The standard InChI is InChI=1S/C20H25N7O6/c1-26-9-8-22-16-15(26)18(31)25-20(21)27(16)10-23-12-4-2-11(3-5-12)17(30)24-13(19(32)33)6-7-14(28)29/h2-5,13,22-23H,6-10H2,1H3,(H,24,30)(H,28,29)(H,32,33)(H2,21,25,31)/t13-/m0/s1. The van der Waals surface area contributed by atoms with Crippen LogP contribution in [0.5, 0.6) is 0 Å². The molecule has 1 aliphatic heterocycles. The molecule has 2 aromatic rings. The topological polar surface area (TPSA) is 192 Å². The molecule has 0 spiro atoms. The van der Waals surface area contributed by atoms with Crippen molar-refractivity contribution in [1.29, 1.82) is 0 Å². The van der Waals surface area contributed by atoms with Crippen LogP contribution in [0.2, 0.25) is 0 Å². The number of aliphatic carboxylic acids is 2. The van der Waals surface area contributed by atoms with Crippen molar-refractivity contribution in [2.75, 3.05) is 41.4 Å². The summed E-state index contributed by atoms with van der Waals surface area (Å²) in [7, 11) is 1.80. The summed E-state index contributed by atoms with van der Waals surface area (Å²) in [6.07, 6.45) is -0.601. The molecule has 176 valence electrons. The lowest BCUT2D eigenvalue weighted by molar-refractivity contribution is -0.140. The number of likely N-dealkylation sites (N-methyl/N-ethyl adjacent to an activating group) is 1. The molecular formula is C20H25N7O6. The predicted octanol–water partition coefficient (Wildman–Crippen LogP) is -0.195. The van der Waals surface area contributed by atoms with Gasteiger partial charge in [-0.25, -0.2) is 4.79 Å². The van der Waals surface area contributed by atoms with Gasteiger partial charge in [0.15, 0.2) is 0 Å². The number of anilines is 4. The fourth-order valence-electron chi connectivity index (χ4n) is 3.37. The molecule has 0 saturated carbocycles. The maximum atomic E-state index is 12.3. The molecule has 13 heteroatoms. The monoisotopic (exact) mass is 459 g/mol. The lowest BCUT2D eigenvalue weighted by Crippen LogP contribution is -2.41. The Bertz CT molecular complexity index is 1120. The number of aromatic nitrogens is 2. The van der Waals surface area contributed by atoms with E-state index < -0.39 is 29.4 Å². The molecule has 2 heterocycles. The normalized spacial score (nSPS) is 13.4. The van der Waals surface area contributed by atoms with E-state index in [2.05, 4.69) is 20.9 Å². The first-order valence-electron chi connectivity index (χ1n) is 10.1. The van der Waals surface area contributed by atoms with E-state index in [1.54, 1.807) is 23.7 Å². The summed E-state index contributed by atoms with van der Waals surface area (Å²) < 4.78 is 1.63. The van der Waals surface area contributed by atoms with E-state index in [0.717, 1.165) is 0 Å². The van der Waals surface area contributed by atoms with Crippen molar-refractivity contribution in [2.24, 2.45) is 0 Å². The molecular weight excluding hydrogens is 434 g/mol. The third-order valence-electron chi connectivity index (χ3n) is 5.15. The van der Waals surface area contributed by atoms with Crippen LogP contribution in [0.1, 0.15) is 23.2 Å². The molecule has 7 N–H and O–H groups in total. The molecule has 3 rings (SSSR count). The first-order valence-corrected chi connectivity index (χ1v) is 10.1. The van der Waals surface area contributed by atoms with E-state index in [4.69, 9.17) is 10.8 Å². The fourth-order valence-corrected chi connectivity index (χ4v) is 3.37. The highest BCUT2D eigenvalue weighted by atomic mass is 16.4. The first kappa shape index (κ1) is 23.4. The maximum Gasteiger partial charge on any atom is 0.326 e. The number of nitrogens with one attached hydrogen (secondary N) is 3. The van der Waals surface area contributed by atoms with Gasteiger partial charge in [0.25, 0.3) is 11.5 Å². The first-order chi connectivity index (χ1) is 15.7. The summed E-state index contributed by atoms with van der Waals surface area (Å²) in [5.41, 5.74) is 6.83. The minimum Gasteiger partial charge on any atom is -0.481 e. The number of nitrogens with two attached hydrogens (primary N) is 1. The molecule has 1 aromatic carbocycles. The van der Waals surface area contributed by atoms with Gasteiger partial charge in [0.1, 0.15) is 17.5 Å². The summed E-state index contributed by atoms with van der Waals surface area (Å²) in [4.78, 5) is 52.2. The quantitative estimate of drug-likeness (QED) is 0.291. The van der Waals surface area contributed by atoms with E-state index in [1.807, 2.05) is 4.90 Å². The van der Waals surface area contributed by atoms with E-state index in [9.17, 15) is 24.3 Å². The van der Waals surface area contributed by atoms with Gasteiger partial charge in [0.05, 0.1) is 6.67 Å². The molecule has 0 unspecified atom stereocenters. The van der Waals surface area contributed by atoms with Gasteiger partial charge in [-0.1, -0.05) is 0 Å². The number of nitrogens with zero attached hydrogens (tertiary/aromatic N) is 3. The summed E-state index contributed by atoms with van der Waals surface area (Å²) in [5.74, 6) is -2.48. The number of hydrogen-bond acceptors (Lipinski definition) is 9. The average Bonchev–Trinajstić information content (AvgIpc) is 2.76. The summed E-state index contributed by atoms with van der Waals surface area (Å²) in [6.45, 7) is 1.49. The van der Waals surface area contributed by atoms with Crippen molar-refractivity contribution in [3.8, 4) is 0 Å². The number of carbonyl (C=O) groups is 3. The Morgan fingerprint density at radius 2 is 1.94 bits per heavy atom. The Hall–Kier alpha value is -4.29. The van der Waals surface area contributed by atoms with Crippen molar-refractivity contribution >= 4 is 41.0 Å². The van der Waals surface area contributed by atoms with E-state index in [1.165, 1.54) is 12.1 Å². The molecule has 33 heavy (non-hydrogen) atoms. The Labute approximate surface area is 188 Å². The van der Waals surface area contributed by atoms with E-state index in [-0.39, 0.29) is 31.0 Å². The van der Waals surface area contributed by atoms with Crippen LogP contribution in [0.4, 0.5) is 23.1 Å². The zero-order valence-electron chi connectivity index (χ0n) is 17.9. The van der Waals surface area contributed by atoms with Gasteiger partial charge in [0, 0.05) is 37.8 Å². The minimum atomic E-state index is -1.31. The molecule has 0 bridgehead atoms. The van der Waals surface area contributed by atoms with Gasteiger partial charge < -0.3 is 36.8 Å². The van der Waals surface area contributed by atoms with Crippen molar-refractivity contribution < 1.29 is 24.6 Å². The van der Waals surface area contributed by atoms with Crippen LogP contribution >= 0.6 is 0 Å². The summed E-state index contributed by atoms with van der Waals surface area (Å²) >= 11 is 0. The molecule has 0 aliphatic carbocycles. The molecule has 1 atom stereocenters. The van der Waals surface area contributed by atoms with Gasteiger partial charge in [-0.05, 0) is 30.7 Å². The highest BCUT2D eigenvalue weighted by Gasteiger charge is 2.23. The van der Waals surface area contributed by atoms with Gasteiger partial charge >= 0.3 is 11.9 Å². The molecule has 0 radical (unpaired) electrons. The van der Waals surface area contributed by atoms with Crippen LogP contribution in [-0.2, 0) is 16.3 Å². The molecule has 0 fully saturated rings. The second-order valence-corrected chi connectivity index (χ2v) is 7.46. The Morgan fingerprint density at radius 1 is 1.24 bits per heavy atom. The van der Waals surface area contributed by atoms with Crippen molar-refractivity contribution in [2.45, 2.75) is 25.6 Å². The predicted molar refractivity (Wildman–Crippen MR) is 120 cm³/mol. The number of hydrogen-bond donors (Lipinski definition) is 6. The zero-order valence-corrected chi connectivity index (χ0v) is 17.9. The highest BCUT2D eigenvalue weighted by molar-refractivity contribution is 5.96. The van der Waals surface area contributed by atoms with Gasteiger partial charge in [0.2, 0.25) is 5.95 Å². The lowest BCUT2D eigenvalue weighted by atomic mass is 10.1. The second kappa shape index (κ2) is 9.89. The Kier molecular flexibility index (Phi) is 7.00. The van der Waals surface area contributed by atoms with Crippen molar-refractivity contribution in [1.82, 2.24) is 14.9 Å². The van der Waals surface area contributed by atoms with Crippen molar-refractivity contribution in [3.05, 3.63) is 40.2 Å². The maximum absolute atomic E-state index is 12.3. The number of fused-ring (bicyclic) bond motifs is 1. The molecule has 1 amide bonds. The van der Waals surface area contributed by atoms with Crippen molar-refractivity contribution in [3.63, 3.8) is 0 Å².